The van der Waals surface area contributed by atoms with Gasteiger partial charge in [0, 0.05) is 17.7 Å². The number of nitrogens with one attached hydrogen (secondary N) is 1. The highest BCUT2D eigenvalue weighted by molar-refractivity contribution is 5.72. The van der Waals surface area contributed by atoms with E-state index < -0.39 is 0 Å². The van der Waals surface area contributed by atoms with E-state index in [4.69, 9.17) is 9.47 Å². The van der Waals surface area contributed by atoms with Gasteiger partial charge in [0.1, 0.15) is 17.3 Å². The molecule has 0 spiro atoms. The Morgan fingerprint density at radius 2 is 1.81 bits per heavy atom. The van der Waals surface area contributed by atoms with E-state index in [1.807, 2.05) is 13.0 Å². The van der Waals surface area contributed by atoms with Gasteiger partial charge in [-0.25, -0.2) is 4.39 Å². The van der Waals surface area contributed by atoms with Crippen LogP contribution in [0.15, 0.2) is 36.4 Å². The van der Waals surface area contributed by atoms with Crippen LogP contribution in [0, 0.1) is 5.82 Å². The minimum Gasteiger partial charge on any atom is -0.497 e. The highest BCUT2D eigenvalue weighted by Gasteiger charge is 2.12. The molecule has 0 fully saturated rings. The van der Waals surface area contributed by atoms with Crippen molar-refractivity contribution < 1.29 is 13.9 Å². The maximum absolute atomic E-state index is 14.4. The van der Waals surface area contributed by atoms with Crippen LogP contribution in [0.3, 0.4) is 0 Å². The smallest absolute Gasteiger partial charge is 0.131 e. The van der Waals surface area contributed by atoms with Crippen LogP contribution >= 0.6 is 0 Å². The summed E-state index contributed by atoms with van der Waals surface area (Å²) in [5.41, 5.74) is 2.11. The highest BCUT2D eigenvalue weighted by Crippen LogP contribution is 2.35. The topological polar surface area (TPSA) is 30.5 Å². The van der Waals surface area contributed by atoms with Crippen LogP contribution in [0.25, 0.3) is 11.1 Å². The van der Waals surface area contributed by atoms with E-state index in [-0.39, 0.29) is 5.82 Å². The number of halogens is 1. The Morgan fingerprint density at radius 1 is 1.00 bits per heavy atom. The maximum Gasteiger partial charge on any atom is 0.131 e. The Balaban J connectivity index is 2.41. The zero-order chi connectivity index (χ0) is 15.2. The second kappa shape index (κ2) is 7.09. The van der Waals surface area contributed by atoms with Crippen LogP contribution < -0.4 is 14.8 Å². The SMILES string of the molecule is CCNCc1ccc(-c2cc(OC)ccc2OC)c(F)c1. The number of methoxy groups -OCH3 is 2. The van der Waals surface area contributed by atoms with Gasteiger partial charge in [0.25, 0.3) is 0 Å². The molecule has 0 bridgehead atoms. The van der Waals surface area contributed by atoms with Crippen LogP contribution in [-0.4, -0.2) is 20.8 Å². The Bertz CT molecular complexity index is 614. The molecule has 4 heteroatoms. The molecule has 0 atom stereocenters. The molecule has 0 aliphatic heterocycles. The molecule has 112 valence electrons. The lowest BCUT2D eigenvalue weighted by molar-refractivity contribution is 0.404. The van der Waals surface area contributed by atoms with Crippen molar-refractivity contribution in [3.63, 3.8) is 0 Å². The molecule has 0 aromatic heterocycles. The third kappa shape index (κ3) is 3.52. The van der Waals surface area contributed by atoms with E-state index in [9.17, 15) is 4.39 Å². The zero-order valence-electron chi connectivity index (χ0n) is 12.6. The normalized spacial score (nSPS) is 10.5. The lowest BCUT2D eigenvalue weighted by Gasteiger charge is -2.12. The summed E-state index contributed by atoms with van der Waals surface area (Å²) in [6.45, 7) is 3.53. The van der Waals surface area contributed by atoms with Crippen LogP contribution in [-0.2, 0) is 6.54 Å². The minimum atomic E-state index is -0.267. The average molecular weight is 289 g/mol. The van der Waals surface area contributed by atoms with Crippen molar-refractivity contribution >= 4 is 0 Å². The molecule has 0 heterocycles. The lowest BCUT2D eigenvalue weighted by Crippen LogP contribution is -2.11. The fourth-order valence-corrected chi connectivity index (χ4v) is 2.18. The van der Waals surface area contributed by atoms with Crippen molar-refractivity contribution in [2.24, 2.45) is 0 Å². The van der Waals surface area contributed by atoms with Crippen molar-refractivity contribution in [1.29, 1.82) is 0 Å². The molecule has 0 aliphatic carbocycles. The van der Waals surface area contributed by atoms with Gasteiger partial charge in [0.15, 0.2) is 0 Å². The molecule has 0 amide bonds. The summed E-state index contributed by atoms with van der Waals surface area (Å²) < 4.78 is 24.9. The number of ether oxygens (including phenoxy) is 2. The molecule has 0 aliphatic rings. The van der Waals surface area contributed by atoms with Crippen LogP contribution in [0.5, 0.6) is 11.5 Å². The molecule has 0 saturated heterocycles. The predicted octanol–water partition coefficient (Wildman–Crippen LogP) is 3.62. The van der Waals surface area contributed by atoms with E-state index in [1.54, 1.807) is 44.6 Å². The monoisotopic (exact) mass is 289 g/mol. The van der Waals surface area contributed by atoms with Gasteiger partial charge in [-0.1, -0.05) is 19.1 Å². The predicted molar refractivity (Wildman–Crippen MR) is 82.3 cm³/mol. The number of benzene rings is 2. The second-order valence-corrected chi connectivity index (χ2v) is 4.66. The molecule has 0 unspecified atom stereocenters. The summed E-state index contributed by atoms with van der Waals surface area (Å²) in [5.74, 6) is 1.02. The average Bonchev–Trinajstić information content (AvgIpc) is 2.52. The van der Waals surface area contributed by atoms with Crippen LogP contribution in [0.1, 0.15) is 12.5 Å². The Morgan fingerprint density at radius 3 is 2.43 bits per heavy atom. The quantitative estimate of drug-likeness (QED) is 0.881. The molecule has 0 saturated carbocycles. The van der Waals surface area contributed by atoms with E-state index in [0.29, 0.717) is 29.2 Å². The minimum absolute atomic E-state index is 0.267. The van der Waals surface area contributed by atoms with E-state index in [2.05, 4.69) is 5.32 Å². The summed E-state index contributed by atoms with van der Waals surface area (Å²) in [7, 11) is 3.16. The zero-order valence-corrected chi connectivity index (χ0v) is 12.6. The fourth-order valence-electron chi connectivity index (χ4n) is 2.18. The first kappa shape index (κ1) is 15.3. The van der Waals surface area contributed by atoms with Crippen molar-refractivity contribution in [2.45, 2.75) is 13.5 Å². The molecule has 2 rings (SSSR count). The summed E-state index contributed by atoms with van der Waals surface area (Å²) in [5, 5.41) is 3.18. The molecule has 3 nitrogen and oxygen atoms in total. The highest BCUT2D eigenvalue weighted by atomic mass is 19.1. The Labute approximate surface area is 124 Å². The summed E-state index contributed by atoms with van der Waals surface area (Å²) in [6, 6.07) is 10.6. The summed E-state index contributed by atoms with van der Waals surface area (Å²) in [6.07, 6.45) is 0. The summed E-state index contributed by atoms with van der Waals surface area (Å²) >= 11 is 0. The Hall–Kier alpha value is -2.07. The number of rotatable bonds is 6. The third-order valence-corrected chi connectivity index (χ3v) is 3.31. The van der Waals surface area contributed by atoms with Gasteiger partial charge in [-0.3, -0.25) is 0 Å². The molecular weight excluding hydrogens is 269 g/mol. The van der Waals surface area contributed by atoms with Crippen molar-refractivity contribution in [3.8, 4) is 22.6 Å². The van der Waals surface area contributed by atoms with Crippen molar-refractivity contribution in [2.75, 3.05) is 20.8 Å². The molecule has 2 aromatic carbocycles. The lowest BCUT2D eigenvalue weighted by atomic mass is 10.0. The fraction of sp³-hybridized carbons (Fsp3) is 0.294. The second-order valence-electron chi connectivity index (χ2n) is 4.66. The summed E-state index contributed by atoms with van der Waals surface area (Å²) in [4.78, 5) is 0. The number of hydrogen-bond acceptors (Lipinski definition) is 3. The van der Waals surface area contributed by atoms with E-state index in [1.165, 1.54) is 0 Å². The van der Waals surface area contributed by atoms with E-state index >= 15 is 0 Å². The van der Waals surface area contributed by atoms with Gasteiger partial charge >= 0.3 is 0 Å². The standard InChI is InChI=1S/C17H20FNO2/c1-4-19-11-12-5-7-14(16(18)9-12)15-10-13(20-2)6-8-17(15)21-3/h5-10,19H,4,11H2,1-3H3. The molecule has 1 N–H and O–H groups in total. The van der Waals surface area contributed by atoms with Gasteiger partial charge in [-0.15, -0.1) is 0 Å². The maximum atomic E-state index is 14.4. The Kier molecular flexibility index (Phi) is 5.17. The van der Waals surface area contributed by atoms with Gasteiger partial charge in [-0.2, -0.15) is 0 Å². The largest absolute Gasteiger partial charge is 0.497 e. The van der Waals surface area contributed by atoms with Crippen LogP contribution in [0.2, 0.25) is 0 Å². The first-order valence-corrected chi connectivity index (χ1v) is 6.91. The molecule has 21 heavy (non-hydrogen) atoms. The first-order valence-electron chi connectivity index (χ1n) is 6.91. The van der Waals surface area contributed by atoms with Gasteiger partial charge in [0.2, 0.25) is 0 Å². The van der Waals surface area contributed by atoms with Crippen molar-refractivity contribution in [3.05, 3.63) is 47.8 Å². The van der Waals surface area contributed by atoms with Gasteiger partial charge in [-0.05, 0) is 36.4 Å². The van der Waals surface area contributed by atoms with Gasteiger partial charge in [0.05, 0.1) is 14.2 Å². The van der Waals surface area contributed by atoms with Gasteiger partial charge < -0.3 is 14.8 Å². The molecule has 0 radical (unpaired) electrons. The number of hydrogen-bond donors (Lipinski definition) is 1. The molecule has 2 aromatic rings. The van der Waals surface area contributed by atoms with Crippen molar-refractivity contribution in [1.82, 2.24) is 5.32 Å². The van der Waals surface area contributed by atoms with E-state index in [0.717, 1.165) is 12.1 Å². The molecular formula is C17H20FNO2. The first-order chi connectivity index (χ1) is 10.2. The van der Waals surface area contributed by atoms with Crippen LogP contribution in [0.4, 0.5) is 4.39 Å². The third-order valence-electron chi connectivity index (χ3n) is 3.31.